The predicted molar refractivity (Wildman–Crippen MR) is 82.9 cm³/mol. The SMILES string of the molecule is Nc1c(C(=O)N(CCO)CC(F)F)sc2cc(Br)ccc12. The van der Waals surface area contributed by atoms with Gasteiger partial charge in [0.15, 0.2) is 0 Å². The highest BCUT2D eigenvalue weighted by atomic mass is 79.9. The van der Waals surface area contributed by atoms with Crippen LogP contribution in [0.4, 0.5) is 14.5 Å². The van der Waals surface area contributed by atoms with Gasteiger partial charge in [-0.15, -0.1) is 11.3 Å². The number of carbonyl (C=O) groups is 1. The first-order chi connectivity index (χ1) is 9.93. The Labute approximate surface area is 132 Å². The lowest BCUT2D eigenvalue weighted by molar-refractivity contribution is 0.0514. The minimum absolute atomic E-state index is 0.152. The molecule has 0 atom stereocenters. The van der Waals surface area contributed by atoms with Crippen molar-refractivity contribution in [3.05, 3.63) is 27.5 Å². The molecule has 3 N–H and O–H groups in total. The third-order valence-corrected chi connectivity index (χ3v) is 4.55. The highest BCUT2D eigenvalue weighted by molar-refractivity contribution is 9.10. The maximum Gasteiger partial charge on any atom is 0.266 e. The number of nitrogens with two attached hydrogens (primary N) is 1. The van der Waals surface area contributed by atoms with Gasteiger partial charge in [-0.3, -0.25) is 4.79 Å². The molecule has 2 rings (SSSR count). The standard InChI is InChI=1S/C13H13BrF2N2O2S/c14-7-1-2-8-9(5-7)21-12(11(8)17)13(20)18(3-4-19)6-10(15)16/h1-2,5,10,19H,3-4,6,17H2. The van der Waals surface area contributed by atoms with Crippen LogP contribution in [0.15, 0.2) is 22.7 Å². The van der Waals surface area contributed by atoms with Crippen molar-refractivity contribution in [2.24, 2.45) is 0 Å². The Kier molecular flexibility index (Phi) is 5.13. The molecule has 0 saturated carbocycles. The van der Waals surface area contributed by atoms with Crippen LogP contribution in [0.3, 0.4) is 0 Å². The second-order valence-corrected chi connectivity index (χ2v) is 6.32. The van der Waals surface area contributed by atoms with E-state index in [-0.39, 0.29) is 23.7 Å². The molecule has 0 bridgehead atoms. The molecule has 0 fully saturated rings. The van der Waals surface area contributed by atoms with E-state index in [9.17, 15) is 13.6 Å². The number of carbonyl (C=O) groups excluding carboxylic acids is 1. The molecule has 1 amide bonds. The minimum atomic E-state index is -2.66. The summed E-state index contributed by atoms with van der Waals surface area (Å²) >= 11 is 4.48. The van der Waals surface area contributed by atoms with Crippen LogP contribution in [0.5, 0.6) is 0 Å². The molecule has 1 aromatic carbocycles. The lowest BCUT2D eigenvalue weighted by atomic mass is 10.2. The maximum atomic E-state index is 12.5. The maximum absolute atomic E-state index is 12.5. The molecule has 0 spiro atoms. The Hall–Kier alpha value is -1.25. The topological polar surface area (TPSA) is 66.6 Å². The summed E-state index contributed by atoms with van der Waals surface area (Å²) in [5.41, 5.74) is 6.23. The van der Waals surface area contributed by atoms with Gasteiger partial charge in [-0.1, -0.05) is 22.0 Å². The zero-order chi connectivity index (χ0) is 15.6. The summed E-state index contributed by atoms with van der Waals surface area (Å²) in [6.45, 7) is -1.26. The van der Waals surface area contributed by atoms with E-state index in [0.717, 1.165) is 25.4 Å². The van der Waals surface area contributed by atoms with Gasteiger partial charge in [0.2, 0.25) is 0 Å². The molecular formula is C13H13BrF2N2O2S. The van der Waals surface area contributed by atoms with E-state index in [1.165, 1.54) is 0 Å². The number of rotatable bonds is 5. The molecule has 0 aliphatic carbocycles. The lowest BCUT2D eigenvalue weighted by Gasteiger charge is -2.20. The minimum Gasteiger partial charge on any atom is -0.397 e. The van der Waals surface area contributed by atoms with Crippen LogP contribution in [0.1, 0.15) is 9.67 Å². The predicted octanol–water partition coefficient (Wildman–Crippen LogP) is 2.95. The van der Waals surface area contributed by atoms with E-state index in [4.69, 9.17) is 10.8 Å². The van der Waals surface area contributed by atoms with Crippen molar-refractivity contribution in [1.82, 2.24) is 4.90 Å². The van der Waals surface area contributed by atoms with Crippen molar-refractivity contribution in [3.8, 4) is 0 Å². The van der Waals surface area contributed by atoms with Crippen LogP contribution in [0.25, 0.3) is 10.1 Å². The molecule has 0 aliphatic rings. The second kappa shape index (κ2) is 6.67. The number of nitrogens with zero attached hydrogens (tertiary/aromatic N) is 1. The van der Waals surface area contributed by atoms with Gasteiger partial charge >= 0.3 is 0 Å². The Morgan fingerprint density at radius 2 is 2.19 bits per heavy atom. The van der Waals surface area contributed by atoms with Crippen LogP contribution in [0.2, 0.25) is 0 Å². The number of halogens is 3. The Balaban J connectivity index is 2.39. The average Bonchev–Trinajstić information content (AvgIpc) is 2.73. The number of amides is 1. The number of hydrogen-bond donors (Lipinski definition) is 2. The van der Waals surface area contributed by atoms with Crippen LogP contribution in [-0.4, -0.2) is 42.0 Å². The van der Waals surface area contributed by atoms with E-state index in [2.05, 4.69) is 15.9 Å². The van der Waals surface area contributed by atoms with Crippen molar-refractivity contribution in [2.75, 3.05) is 25.4 Å². The molecule has 0 unspecified atom stereocenters. The fourth-order valence-electron chi connectivity index (χ4n) is 1.96. The number of hydrogen-bond acceptors (Lipinski definition) is 4. The third kappa shape index (κ3) is 3.50. The van der Waals surface area contributed by atoms with E-state index in [1.807, 2.05) is 6.07 Å². The number of fused-ring (bicyclic) bond motifs is 1. The summed E-state index contributed by atoms with van der Waals surface area (Å²) in [6, 6.07) is 5.38. The number of aliphatic hydroxyl groups is 1. The molecule has 0 radical (unpaired) electrons. The molecule has 1 aromatic heterocycles. The van der Waals surface area contributed by atoms with Gasteiger partial charge < -0.3 is 15.7 Å². The van der Waals surface area contributed by atoms with E-state index >= 15 is 0 Å². The number of alkyl halides is 2. The van der Waals surface area contributed by atoms with Crippen molar-refractivity contribution < 1.29 is 18.7 Å². The first kappa shape index (κ1) is 16.1. The molecule has 1 heterocycles. The molecular weight excluding hydrogens is 366 g/mol. The number of anilines is 1. The lowest BCUT2D eigenvalue weighted by Crippen LogP contribution is -2.37. The number of thiophene rings is 1. The van der Waals surface area contributed by atoms with Gasteiger partial charge in [0, 0.05) is 21.1 Å². The first-order valence-electron chi connectivity index (χ1n) is 6.10. The largest absolute Gasteiger partial charge is 0.397 e. The van der Waals surface area contributed by atoms with E-state index < -0.39 is 18.9 Å². The fourth-order valence-corrected chi connectivity index (χ4v) is 3.60. The van der Waals surface area contributed by atoms with Gasteiger partial charge in [0.05, 0.1) is 18.8 Å². The number of aliphatic hydroxyl groups excluding tert-OH is 1. The fraction of sp³-hybridized carbons (Fsp3) is 0.308. The van der Waals surface area contributed by atoms with Gasteiger partial charge in [-0.05, 0) is 12.1 Å². The summed E-state index contributed by atoms with van der Waals surface area (Å²) in [5, 5.41) is 9.63. The monoisotopic (exact) mass is 378 g/mol. The highest BCUT2D eigenvalue weighted by Crippen LogP contribution is 2.36. The zero-order valence-corrected chi connectivity index (χ0v) is 13.3. The number of benzene rings is 1. The Morgan fingerprint density at radius 3 is 2.81 bits per heavy atom. The Bertz CT molecular complexity index is 663. The highest BCUT2D eigenvalue weighted by Gasteiger charge is 2.24. The smallest absolute Gasteiger partial charge is 0.266 e. The normalized spacial score (nSPS) is 11.3. The van der Waals surface area contributed by atoms with Gasteiger partial charge in [0.1, 0.15) is 4.88 Å². The molecule has 0 saturated heterocycles. The summed E-state index contributed by atoms with van der Waals surface area (Å²) < 4.78 is 26.7. The molecule has 2 aromatic rings. The van der Waals surface area contributed by atoms with Crippen molar-refractivity contribution in [3.63, 3.8) is 0 Å². The van der Waals surface area contributed by atoms with E-state index in [1.54, 1.807) is 12.1 Å². The van der Waals surface area contributed by atoms with Crippen LogP contribution in [-0.2, 0) is 0 Å². The zero-order valence-electron chi connectivity index (χ0n) is 10.9. The van der Waals surface area contributed by atoms with Gasteiger partial charge in [-0.2, -0.15) is 0 Å². The second-order valence-electron chi connectivity index (χ2n) is 4.35. The third-order valence-electron chi connectivity index (χ3n) is 2.90. The molecule has 8 heteroatoms. The van der Waals surface area contributed by atoms with Crippen LogP contribution in [0, 0.1) is 0 Å². The van der Waals surface area contributed by atoms with Crippen molar-refractivity contribution in [1.29, 1.82) is 0 Å². The van der Waals surface area contributed by atoms with E-state index in [0.29, 0.717) is 5.39 Å². The van der Waals surface area contributed by atoms with Crippen molar-refractivity contribution >= 4 is 48.9 Å². The van der Waals surface area contributed by atoms with Crippen LogP contribution < -0.4 is 5.73 Å². The summed E-state index contributed by atoms with van der Waals surface area (Å²) in [7, 11) is 0. The molecule has 0 aliphatic heterocycles. The van der Waals surface area contributed by atoms with Gasteiger partial charge in [0.25, 0.3) is 12.3 Å². The summed E-state index contributed by atoms with van der Waals surface area (Å²) in [5.74, 6) is -0.584. The molecule has 21 heavy (non-hydrogen) atoms. The summed E-state index contributed by atoms with van der Waals surface area (Å²) in [6.07, 6.45) is -2.66. The molecule has 114 valence electrons. The number of nitrogen functional groups attached to an aromatic ring is 1. The molecule has 4 nitrogen and oxygen atoms in total. The van der Waals surface area contributed by atoms with Gasteiger partial charge in [-0.25, -0.2) is 8.78 Å². The average molecular weight is 379 g/mol. The summed E-state index contributed by atoms with van der Waals surface area (Å²) in [4.78, 5) is 13.5. The quantitative estimate of drug-likeness (QED) is 0.840. The Morgan fingerprint density at radius 1 is 1.48 bits per heavy atom. The van der Waals surface area contributed by atoms with Crippen molar-refractivity contribution in [2.45, 2.75) is 6.43 Å². The first-order valence-corrected chi connectivity index (χ1v) is 7.70. The van der Waals surface area contributed by atoms with Crippen LogP contribution >= 0.6 is 27.3 Å².